The van der Waals surface area contributed by atoms with Crippen molar-refractivity contribution < 1.29 is 9.63 Å². The van der Waals surface area contributed by atoms with Gasteiger partial charge in [-0.2, -0.15) is 4.98 Å². The summed E-state index contributed by atoms with van der Waals surface area (Å²) in [5, 5.41) is 14.7. The molecule has 1 aliphatic carbocycles. The number of hydrogen-bond acceptors (Lipinski definition) is 5. The van der Waals surface area contributed by atoms with Crippen LogP contribution in [0.4, 0.5) is 6.01 Å². The minimum absolute atomic E-state index is 0.0337. The molecule has 1 aromatic carbocycles. The molecule has 0 spiro atoms. The molecule has 21 heavy (non-hydrogen) atoms. The van der Waals surface area contributed by atoms with Crippen LogP contribution in [0.25, 0.3) is 11.4 Å². The highest BCUT2D eigenvalue weighted by Gasteiger charge is 2.29. The number of likely N-dealkylation sites (N-methyl/N-ethyl adjacent to an activating group) is 1. The molecule has 0 aliphatic heterocycles. The van der Waals surface area contributed by atoms with Crippen LogP contribution in [0.3, 0.4) is 0 Å². The van der Waals surface area contributed by atoms with Gasteiger partial charge in [0.1, 0.15) is 0 Å². The van der Waals surface area contributed by atoms with Gasteiger partial charge in [-0.1, -0.05) is 41.7 Å². The Labute approximate surface area is 128 Å². The Morgan fingerprint density at radius 2 is 2.14 bits per heavy atom. The first-order chi connectivity index (χ1) is 10.1. The second-order valence-electron chi connectivity index (χ2n) is 5.44. The van der Waals surface area contributed by atoms with E-state index in [0.29, 0.717) is 16.9 Å². The number of nitrogens with zero attached hydrogens (tertiary/aromatic N) is 3. The van der Waals surface area contributed by atoms with E-state index < -0.39 is 0 Å². The lowest BCUT2D eigenvalue weighted by molar-refractivity contribution is 0.104. The van der Waals surface area contributed by atoms with Crippen LogP contribution < -0.4 is 4.90 Å². The van der Waals surface area contributed by atoms with E-state index in [0.717, 1.165) is 31.2 Å². The van der Waals surface area contributed by atoms with Crippen molar-refractivity contribution in [3.05, 3.63) is 29.3 Å². The quantitative estimate of drug-likeness (QED) is 0.944. The van der Waals surface area contributed by atoms with Crippen LogP contribution in [0.5, 0.6) is 0 Å². The average molecular weight is 308 g/mol. The Hall–Kier alpha value is -1.59. The summed E-state index contributed by atoms with van der Waals surface area (Å²) in [5.74, 6) is 0.504. The van der Waals surface area contributed by atoms with Crippen molar-refractivity contribution in [2.24, 2.45) is 0 Å². The zero-order valence-corrected chi connectivity index (χ0v) is 12.6. The number of aromatic nitrogens is 2. The van der Waals surface area contributed by atoms with Gasteiger partial charge in [0.2, 0.25) is 5.82 Å². The summed E-state index contributed by atoms with van der Waals surface area (Å²) in [7, 11) is 1.88. The molecule has 112 valence electrons. The second-order valence-corrected chi connectivity index (χ2v) is 5.88. The maximum atomic E-state index is 10.1. The predicted octanol–water partition coefficient (Wildman–Crippen LogP) is 3.13. The molecule has 1 heterocycles. The van der Waals surface area contributed by atoms with Gasteiger partial charge in [0.25, 0.3) is 0 Å². The molecule has 0 amide bonds. The van der Waals surface area contributed by atoms with Crippen LogP contribution in [0.1, 0.15) is 25.7 Å². The molecule has 2 aromatic rings. The summed E-state index contributed by atoms with van der Waals surface area (Å²) in [6.07, 6.45) is 3.60. The zero-order chi connectivity index (χ0) is 14.8. The smallest absolute Gasteiger partial charge is 0.324 e. The van der Waals surface area contributed by atoms with E-state index in [1.54, 1.807) is 12.1 Å². The summed E-state index contributed by atoms with van der Waals surface area (Å²) < 4.78 is 5.33. The normalized spacial score (nSPS) is 22.2. The van der Waals surface area contributed by atoms with Gasteiger partial charge in [-0.05, 0) is 25.0 Å². The van der Waals surface area contributed by atoms with Crippen molar-refractivity contribution >= 4 is 17.6 Å². The third-order valence-corrected chi connectivity index (χ3v) is 4.23. The molecule has 2 atom stereocenters. The molecule has 5 nitrogen and oxygen atoms in total. The van der Waals surface area contributed by atoms with Crippen molar-refractivity contribution in [3.63, 3.8) is 0 Å². The number of anilines is 1. The molecule has 0 saturated heterocycles. The monoisotopic (exact) mass is 307 g/mol. The summed E-state index contributed by atoms with van der Waals surface area (Å²) in [5.41, 5.74) is 0.815. The largest absolute Gasteiger partial charge is 0.391 e. The molecular formula is C15H18ClN3O2. The van der Waals surface area contributed by atoms with Crippen molar-refractivity contribution in [2.45, 2.75) is 37.8 Å². The Morgan fingerprint density at radius 1 is 1.33 bits per heavy atom. The SMILES string of the molecule is CN(c1nc(-c2cccc(Cl)c2)no1)[C@@H]1CCCC[C@H]1O. The summed E-state index contributed by atoms with van der Waals surface area (Å²) in [6.45, 7) is 0. The number of aliphatic hydroxyl groups excluding tert-OH is 1. The van der Waals surface area contributed by atoms with Gasteiger partial charge < -0.3 is 14.5 Å². The van der Waals surface area contributed by atoms with Gasteiger partial charge in [-0.3, -0.25) is 0 Å². The molecule has 1 fully saturated rings. The number of aliphatic hydroxyl groups is 1. The molecule has 1 saturated carbocycles. The van der Waals surface area contributed by atoms with E-state index in [9.17, 15) is 5.11 Å². The highest BCUT2D eigenvalue weighted by atomic mass is 35.5. The molecule has 0 unspecified atom stereocenters. The van der Waals surface area contributed by atoms with Gasteiger partial charge >= 0.3 is 6.01 Å². The van der Waals surface area contributed by atoms with E-state index in [4.69, 9.17) is 16.1 Å². The molecule has 3 rings (SSSR count). The molecule has 0 radical (unpaired) electrons. The fourth-order valence-electron chi connectivity index (χ4n) is 2.79. The predicted molar refractivity (Wildman–Crippen MR) is 81.4 cm³/mol. The van der Waals surface area contributed by atoms with E-state index in [1.165, 1.54) is 0 Å². The minimum Gasteiger partial charge on any atom is -0.391 e. The fraction of sp³-hybridized carbons (Fsp3) is 0.467. The van der Waals surface area contributed by atoms with E-state index in [1.807, 2.05) is 24.1 Å². The number of halogens is 1. The summed E-state index contributed by atoms with van der Waals surface area (Å²) in [6, 6.07) is 7.79. The minimum atomic E-state index is -0.342. The third-order valence-electron chi connectivity index (χ3n) is 3.99. The van der Waals surface area contributed by atoms with Gasteiger partial charge in [0.05, 0.1) is 12.1 Å². The Kier molecular flexibility index (Phi) is 4.12. The maximum absolute atomic E-state index is 10.1. The lowest BCUT2D eigenvalue weighted by atomic mass is 9.92. The van der Waals surface area contributed by atoms with E-state index in [-0.39, 0.29) is 12.1 Å². The lowest BCUT2D eigenvalue weighted by Gasteiger charge is -2.33. The van der Waals surface area contributed by atoms with E-state index in [2.05, 4.69) is 10.1 Å². The first kappa shape index (κ1) is 14.4. The van der Waals surface area contributed by atoms with Crippen molar-refractivity contribution in [3.8, 4) is 11.4 Å². The standard InChI is InChI=1S/C15H18ClN3O2/c1-19(12-7-2-3-8-13(12)20)15-17-14(18-21-15)10-5-4-6-11(16)9-10/h4-6,9,12-13,20H,2-3,7-8H2,1H3/t12-,13-/m1/s1. The van der Waals surface area contributed by atoms with Crippen molar-refractivity contribution in [1.29, 1.82) is 0 Å². The van der Waals surface area contributed by atoms with Crippen LogP contribution in [0.15, 0.2) is 28.8 Å². The fourth-order valence-corrected chi connectivity index (χ4v) is 2.98. The van der Waals surface area contributed by atoms with Crippen LogP contribution in [0.2, 0.25) is 5.02 Å². The first-order valence-corrected chi connectivity index (χ1v) is 7.53. The summed E-state index contributed by atoms with van der Waals surface area (Å²) in [4.78, 5) is 6.29. The molecule has 1 N–H and O–H groups in total. The molecule has 6 heteroatoms. The highest BCUT2D eigenvalue weighted by Crippen LogP contribution is 2.27. The molecule has 1 aliphatic rings. The Morgan fingerprint density at radius 3 is 2.90 bits per heavy atom. The molecule has 1 aromatic heterocycles. The van der Waals surface area contributed by atoms with Gasteiger partial charge in [-0.15, -0.1) is 0 Å². The second kappa shape index (κ2) is 6.03. The van der Waals surface area contributed by atoms with Crippen molar-refractivity contribution in [2.75, 3.05) is 11.9 Å². The van der Waals surface area contributed by atoms with Crippen LogP contribution in [-0.2, 0) is 0 Å². The zero-order valence-electron chi connectivity index (χ0n) is 11.9. The van der Waals surface area contributed by atoms with Gasteiger partial charge in [-0.25, -0.2) is 0 Å². The molecule has 0 bridgehead atoms. The van der Waals surface area contributed by atoms with Crippen LogP contribution >= 0.6 is 11.6 Å². The molecular weight excluding hydrogens is 290 g/mol. The number of hydrogen-bond donors (Lipinski definition) is 1. The van der Waals surface area contributed by atoms with Crippen molar-refractivity contribution in [1.82, 2.24) is 10.1 Å². The van der Waals surface area contributed by atoms with Crippen LogP contribution in [-0.4, -0.2) is 34.4 Å². The lowest BCUT2D eigenvalue weighted by Crippen LogP contribution is -2.43. The highest BCUT2D eigenvalue weighted by molar-refractivity contribution is 6.30. The summed E-state index contributed by atoms with van der Waals surface area (Å²) >= 11 is 5.98. The Bertz CT molecular complexity index is 616. The first-order valence-electron chi connectivity index (χ1n) is 7.15. The van der Waals surface area contributed by atoms with Gasteiger partial charge in [0, 0.05) is 17.6 Å². The topological polar surface area (TPSA) is 62.4 Å². The van der Waals surface area contributed by atoms with Gasteiger partial charge in [0.15, 0.2) is 0 Å². The van der Waals surface area contributed by atoms with Crippen LogP contribution in [0, 0.1) is 0 Å². The number of benzene rings is 1. The maximum Gasteiger partial charge on any atom is 0.324 e. The number of rotatable bonds is 3. The Balaban J connectivity index is 1.81. The third kappa shape index (κ3) is 3.04. The van der Waals surface area contributed by atoms with E-state index >= 15 is 0 Å². The average Bonchev–Trinajstić information content (AvgIpc) is 2.97.